The quantitative estimate of drug-likeness (QED) is 0.420. The lowest BCUT2D eigenvalue weighted by Gasteiger charge is -2.37. The van der Waals surface area contributed by atoms with Crippen molar-refractivity contribution in [3.8, 4) is 5.75 Å². The van der Waals surface area contributed by atoms with Crippen molar-refractivity contribution in [2.24, 2.45) is 0 Å². The van der Waals surface area contributed by atoms with Crippen molar-refractivity contribution in [1.29, 1.82) is 0 Å². The Kier molecular flexibility index (Phi) is 8.42. The number of hydrogen-bond donors (Lipinski definition) is 0. The highest BCUT2D eigenvalue weighted by Crippen LogP contribution is 2.31. The molecular formula is C28H32ClN3O4S. The van der Waals surface area contributed by atoms with E-state index in [1.54, 1.807) is 11.0 Å². The van der Waals surface area contributed by atoms with Crippen molar-refractivity contribution in [1.82, 2.24) is 9.21 Å². The summed E-state index contributed by atoms with van der Waals surface area (Å²) < 4.78 is 34.1. The van der Waals surface area contributed by atoms with Gasteiger partial charge in [-0.15, -0.1) is 0 Å². The summed E-state index contributed by atoms with van der Waals surface area (Å²) in [6.07, 6.45) is 0. The van der Waals surface area contributed by atoms with Crippen molar-refractivity contribution in [3.63, 3.8) is 0 Å². The molecule has 196 valence electrons. The second-order valence-electron chi connectivity index (χ2n) is 9.14. The zero-order chi connectivity index (χ0) is 26.6. The molecule has 1 saturated heterocycles. The van der Waals surface area contributed by atoms with Gasteiger partial charge in [0, 0.05) is 43.4 Å². The van der Waals surface area contributed by atoms with Crippen LogP contribution in [0.25, 0.3) is 0 Å². The molecule has 3 aromatic rings. The van der Waals surface area contributed by atoms with Crippen LogP contribution < -0.4 is 9.64 Å². The number of carbonyl (C=O) groups is 1. The smallest absolute Gasteiger partial charge is 0.247 e. The number of halogens is 1. The SMILES string of the molecule is COc1ccc(Cl)cc1S(=O)(=O)N(CC(=O)N1CCN(c2cccc(C)c2C)CC1)Cc1ccccc1. The Bertz CT molecular complexity index is 1360. The molecular weight excluding hydrogens is 510 g/mol. The molecule has 0 bridgehead atoms. The molecule has 1 aliphatic rings. The number of rotatable bonds is 8. The van der Waals surface area contributed by atoms with Crippen molar-refractivity contribution in [2.75, 3.05) is 44.7 Å². The van der Waals surface area contributed by atoms with Crippen molar-refractivity contribution in [3.05, 3.63) is 88.4 Å². The molecule has 0 radical (unpaired) electrons. The van der Waals surface area contributed by atoms with Crippen LogP contribution in [0.5, 0.6) is 5.75 Å². The van der Waals surface area contributed by atoms with Crippen LogP contribution in [-0.4, -0.2) is 63.4 Å². The maximum Gasteiger partial charge on any atom is 0.247 e. The summed E-state index contributed by atoms with van der Waals surface area (Å²) in [4.78, 5) is 17.4. The topological polar surface area (TPSA) is 70.2 Å². The molecule has 0 saturated carbocycles. The van der Waals surface area contributed by atoms with Gasteiger partial charge in [0.1, 0.15) is 10.6 Å². The van der Waals surface area contributed by atoms with E-state index in [1.165, 1.54) is 40.4 Å². The van der Waals surface area contributed by atoms with E-state index in [0.29, 0.717) is 26.2 Å². The lowest BCUT2D eigenvalue weighted by atomic mass is 10.1. The third-order valence-electron chi connectivity index (χ3n) is 6.81. The maximum absolute atomic E-state index is 13.8. The van der Waals surface area contributed by atoms with Crippen LogP contribution in [0.2, 0.25) is 5.02 Å². The molecule has 1 amide bonds. The predicted octanol–water partition coefficient (Wildman–Crippen LogP) is 4.51. The molecule has 0 atom stereocenters. The fraction of sp³-hybridized carbons (Fsp3) is 0.321. The van der Waals surface area contributed by atoms with Gasteiger partial charge >= 0.3 is 0 Å². The molecule has 9 heteroatoms. The number of ether oxygens (including phenoxy) is 1. The Labute approximate surface area is 224 Å². The number of anilines is 1. The van der Waals surface area contributed by atoms with E-state index in [-0.39, 0.29) is 34.7 Å². The zero-order valence-corrected chi connectivity index (χ0v) is 22.9. The summed E-state index contributed by atoms with van der Waals surface area (Å²) in [6, 6.07) is 19.9. The van der Waals surface area contributed by atoms with Gasteiger partial charge < -0.3 is 14.5 Å². The number of aryl methyl sites for hydroxylation is 1. The van der Waals surface area contributed by atoms with Gasteiger partial charge in [-0.1, -0.05) is 54.1 Å². The number of hydrogen-bond acceptors (Lipinski definition) is 5. The van der Waals surface area contributed by atoms with Gasteiger partial charge in [-0.3, -0.25) is 4.79 Å². The van der Waals surface area contributed by atoms with Crippen LogP contribution in [0.4, 0.5) is 5.69 Å². The van der Waals surface area contributed by atoms with Crippen LogP contribution in [0, 0.1) is 13.8 Å². The molecule has 0 aromatic heterocycles. The Morgan fingerprint density at radius 3 is 2.35 bits per heavy atom. The third-order valence-corrected chi connectivity index (χ3v) is 8.85. The second kappa shape index (κ2) is 11.5. The minimum absolute atomic E-state index is 0.0486. The Hall–Kier alpha value is -3.07. The van der Waals surface area contributed by atoms with E-state index < -0.39 is 10.0 Å². The molecule has 37 heavy (non-hydrogen) atoms. The van der Waals surface area contributed by atoms with Crippen LogP contribution in [-0.2, 0) is 21.4 Å². The summed E-state index contributed by atoms with van der Waals surface area (Å²) in [5, 5.41) is 0.271. The Balaban J connectivity index is 1.54. The summed E-state index contributed by atoms with van der Waals surface area (Å²) >= 11 is 6.14. The van der Waals surface area contributed by atoms with E-state index in [2.05, 4.69) is 30.9 Å². The standard InChI is InChI=1S/C28H32ClN3O4S/c1-21-8-7-11-25(22(21)2)30-14-16-31(17-15-30)28(33)20-32(19-23-9-5-4-6-10-23)37(34,35)27-18-24(29)12-13-26(27)36-3/h4-13,18H,14-17,19-20H2,1-3H3. The van der Waals surface area contributed by atoms with Crippen LogP contribution in [0.3, 0.4) is 0 Å². The number of sulfonamides is 1. The van der Waals surface area contributed by atoms with Crippen molar-refractivity contribution < 1.29 is 17.9 Å². The number of benzene rings is 3. The number of amides is 1. The summed E-state index contributed by atoms with van der Waals surface area (Å²) in [5.41, 5.74) is 4.42. The molecule has 7 nitrogen and oxygen atoms in total. The average molecular weight is 542 g/mol. The molecule has 0 unspecified atom stereocenters. The zero-order valence-electron chi connectivity index (χ0n) is 21.4. The average Bonchev–Trinajstić information content (AvgIpc) is 2.90. The minimum Gasteiger partial charge on any atom is -0.495 e. The van der Waals surface area contributed by atoms with E-state index in [1.807, 2.05) is 36.4 Å². The van der Waals surface area contributed by atoms with E-state index in [9.17, 15) is 13.2 Å². The lowest BCUT2D eigenvalue weighted by molar-refractivity contribution is -0.131. The molecule has 1 fully saturated rings. The normalized spacial score (nSPS) is 14.2. The molecule has 4 rings (SSSR count). The van der Waals surface area contributed by atoms with Gasteiger partial charge in [0.05, 0.1) is 13.7 Å². The first-order chi connectivity index (χ1) is 17.7. The fourth-order valence-electron chi connectivity index (χ4n) is 4.53. The first-order valence-electron chi connectivity index (χ1n) is 12.2. The van der Waals surface area contributed by atoms with Crippen molar-refractivity contribution >= 4 is 33.2 Å². The second-order valence-corrected chi connectivity index (χ2v) is 11.5. The third kappa shape index (κ3) is 6.09. The van der Waals surface area contributed by atoms with Gasteiger partial charge in [0.25, 0.3) is 0 Å². The monoisotopic (exact) mass is 541 g/mol. The molecule has 0 spiro atoms. The predicted molar refractivity (Wildman–Crippen MR) is 147 cm³/mol. The molecule has 1 heterocycles. The molecule has 3 aromatic carbocycles. The molecule has 0 N–H and O–H groups in total. The fourth-order valence-corrected chi connectivity index (χ4v) is 6.33. The number of nitrogens with zero attached hydrogens (tertiary/aromatic N) is 3. The first-order valence-corrected chi connectivity index (χ1v) is 14.0. The summed E-state index contributed by atoms with van der Waals surface area (Å²) in [5.74, 6) is -0.0573. The lowest BCUT2D eigenvalue weighted by Crippen LogP contribution is -2.52. The number of carbonyl (C=O) groups excluding carboxylic acids is 1. The van der Waals surface area contributed by atoms with E-state index in [4.69, 9.17) is 16.3 Å². The summed E-state index contributed by atoms with van der Waals surface area (Å²) in [6.45, 7) is 6.38. The first kappa shape index (κ1) is 27.0. The highest BCUT2D eigenvalue weighted by atomic mass is 35.5. The van der Waals surface area contributed by atoms with Gasteiger partial charge in [-0.25, -0.2) is 8.42 Å². The van der Waals surface area contributed by atoms with E-state index in [0.717, 1.165) is 5.56 Å². The number of methoxy groups -OCH3 is 1. The summed E-state index contributed by atoms with van der Waals surface area (Å²) in [7, 11) is -2.69. The molecule has 1 aliphatic heterocycles. The van der Waals surface area contributed by atoms with Gasteiger partial charge in [0.2, 0.25) is 15.9 Å². The highest BCUT2D eigenvalue weighted by molar-refractivity contribution is 7.89. The highest BCUT2D eigenvalue weighted by Gasteiger charge is 2.32. The maximum atomic E-state index is 13.8. The Morgan fingerprint density at radius 1 is 0.973 bits per heavy atom. The van der Waals surface area contributed by atoms with Gasteiger partial charge in [0.15, 0.2) is 0 Å². The minimum atomic E-state index is -4.10. The van der Waals surface area contributed by atoms with Crippen molar-refractivity contribution in [2.45, 2.75) is 25.3 Å². The van der Waals surface area contributed by atoms with Gasteiger partial charge in [-0.05, 0) is 54.8 Å². The Morgan fingerprint density at radius 2 is 1.68 bits per heavy atom. The van der Waals surface area contributed by atoms with E-state index >= 15 is 0 Å². The largest absolute Gasteiger partial charge is 0.495 e. The molecule has 0 aliphatic carbocycles. The van der Waals surface area contributed by atoms with Gasteiger partial charge in [-0.2, -0.15) is 4.31 Å². The van der Waals surface area contributed by atoms with Crippen LogP contribution >= 0.6 is 11.6 Å². The number of piperazine rings is 1. The van der Waals surface area contributed by atoms with Crippen LogP contribution in [0.15, 0.2) is 71.6 Å². The van der Waals surface area contributed by atoms with Crippen LogP contribution in [0.1, 0.15) is 16.7 Å².